The van der Waals surface area contributed by atoms with Gasteiger partial charge in [-0.15, -0.1) is 0 Å². The van der Waals surface area contributed by atoms with Crippen LogP contribution in [0.25, 0.3) is 5.65 Å². The van der Waals surface area contributed by atoms with Gasteiger partial charge in [0, 0.05) is 55.8 Å². The van der Waals surface area contributed by atoms with Gasteiger partial charge in [0.25, 0.3) is 5.91 Å². The summed E-state index contributed by atoms with van der Waals surface area (Å²) in [7, 11) is 1.94. The molecule has 3 aromatic heterocycles. The maximum Gasteiger partial charge on any atom is 0.416 e. The average molecular weight is 492 g/mol. The number of nitrogens with zero attached hydrogens (tertiary/aromatic N) is 5. The standard InChI is InChI=1S/C25H24BF3N6O/c26-20-14-32-35-22(31-13-16-4-2-8-30-12-16)11-21(33-23(20)35)18-6-3-9-34(15-18)24(36)17-5-1-7-19(10-17)25(27,28)29/h1-2,4-5,7-8,10-12,14,18,31H,3,6,9,13,15,26H2. The molecular formula is C25H24BF3N6O. The van der Waals surface area contributed by atoms with Gasteiger partial charge in [-0.2, -0.15) is 22.8 Å². The van der Waals surface area contributed by atoms with Crippen LogP contribution in [0.15, 0.2) is 61.1 Å². The minimum Gasteiger partial charge on any atom is -0.366 e. The van der Waals surface area contributed by atoms with Crippen LogP contribution in [0.4, 0.5) is 19.0 Å². The normalized spacial score (nSPS) is 16.3. The number of carbonyl (C=O) groups is 1. The summed E-state index contributed by atoms with van der Waals surface area (Å²) in [6.07, 6.45) is 2.33. The van der Waals surface area contributed by atoms with Crippen LogP contribution in [0.2, 0.25) is 0 Å². The van der Waals surface area contributed by atoms with Gasteiger partial charge in [-0.05, 0) is 48.1 Å². The van der Waals surface area contributed by atoms with Gasteiger partial charge in [0.1, 0.15) is 13.7 Å². The number of likely N-dealkylation sites (tertiary alicyclic amines) is 1. The number of pyridine rings is 1. The van der Waals surface area contributed by atoms with E-state index in [9.17, 15) is 18.0 Å². The van der Waals surface area contributed by atoms with Crippen molar-refractivity contribution < 1.29 is 18.0 Å². The number of halogens is 3. The highest BCUT2D eigenvalue weighted by atomic mass is 19.4. The highest BCUT2D eigenvalue weighted by Gasteiger charge is 2.32. The summed E-state index contributed by atoms with van der Waals surface area (Å²) in [6, 6.07) is 10.4. The maximum absolute atomic E-state index is 13.1. The monoisotopic (exact) mass is 492 g/mol. The molecule has 1 N–H and O–H groups in total. The van der Waals surface area contributed by atoms with Gasteiger partial charge < -0.3 is 10.2 Å². The Hall–Kier alpha value is -3.89. The van der Waals surface area contributed by atoms with E-state index in [1.165, 1.54) is 12.1 Å². The van der Waals surface area contributed by atoms with Crippen LogP contribution in [0.5, 0.6) is 0 Å². The Labute approximate surface area is 206 Å². The van der Waals surface area contributed by atoms with Crippen LogP contribution in [0, 0.1) is 0 Å². The Balaban J connectivity index is 1.40. The van der Waals surface area contributed by atoms with Gasteiger partial charge in [0.2, 0.25) is 0 Å². The van der Waals surface area contributed by atoms with Gasteiger partial charge in [-0.1, -0.05) is 12.1 Å². The van der Waals surface area contributed by atoms with Crippen molar-refractivity contribution in [2.45, 2.75) is 31.5 Å². The van der Waals surface area contributed by atoms with Crippen LogP contribution in [-0.4, -0.2) is 51.3 Å². The number of anilines is 1. The molecule has 0 bridgehead atoms. The zero-order valence-electron chi connectivity index (χ0n) is 19.7. The Morgan fingerprint density at radius 3 is 2.81 bits per heavy atom. The molecule has 1 unspecified atom stereocenters. The smallest absolute Gasteiger partial charge is 0.366 e. The molecule has 1 amide bonds. The molecular weight excluding hydrogens is 468 g/mol. The summed E-state index contributed by atoms with van der Waals surface area (Å²) in [5.74, 6) is 0.322. The molecule has 7 nitrogen and oxygen atoms in total. The Kier molecular flexibility index (Phi) is 6.38. The minimum atomic E-state index is -4.50. The second-order valence-electron chi connectivity index (χ2n) is 9.01. The molecule has 1 aromatic carbocycles. The lowest BCUT2D eigenvalue weighted by Crippen LogP contribution is -2.39. The van der Waals surface area contributed by atoms with Crippen LogP contribution in [-0.2, 0) is 12.7 Å². The number of fused-ring (bicyclic) bond motifs is 1. The number of alkyl halides is 3. The van der Waals surface area contributed by atoms with Crippen LogP contribution in [0.1, 0.15) is 45.9 Å². The number of amides is 1. The highest BCUT2D eigenvalue weighted by Crippen LogP contribution is 2.31. The number of piperidine rings is 1. The third-order valence-corrected chi connectivity index (χ3v) is 6.43. The van der Waals surface area contributed by atoms with E-state index in [2.05, 4.69) is 15.4 Å². The Morgan fingerprint density at radius 2 is 2.03 bits per heavy atom. The Morgan fingerprint density at radius 1 is 1.17 bits per heavy atom. The van der Waals surface area contributed by atoms with Crippen molar-refractivity contribution in [3.8, 4) is 0 Å². The molecule has 1 saturated heterocycles. The highest BCUT2D eigenvalue weighted by molar-refractivity contribution is 6.36. The fourth-order valence-corrected chi connectivity index (χ4v) is 4.54. The molecule has 1 atom stereocenters. The summed E-state index contributed by atoms with van der Waals surface area (Å²) in [5, 5.41) is 7.86. The number of hydrogen-bond acceptors (Lipinski definition) is 5. The van der Waals surface area contributed by atoms with Crippen LogP contribution < -0.4 is 10.8 Å². The van der Waals surface area contributed by atoms with Crippen molar-refractivity contribution in [1.82, 2.24) is 24.5 Å². The predicted octanol–water partition coefficient (Wildman–Crippen LogP) is 3.03. The zero-order valence-corrected chi connectivity index (χ0v) is 19.7. The largest absolute Gasteiger partial charge is 0.416 e. The zero-order chi connectivity index (χ0) is 25.3. The summed E-state index contributed by atoms with van der Waals surface area (Å²) in [4.78, 5) is 23.7. The molecule has 0 spiro atoms. The number of rotatable bonds is 5. The predicted molar refractivity (Wildman–Crippen MR) is 132 cm³/mol. The van der Waals surface area contributed by atoms with Crippen molar-refractivity contribution in [2.24, 2.45) is 0 Å². The van der Waals surface area contributed by atoms with Crippen molar-refractivity contribution in [3.63, 3.8) is 0 Å². The molecule has 1 aliphatic heterocycles. The van der Waals surface area contributed by atoms with E-state index in [-0.39, 0.29) is 11.5 Å². The summed E-state index contributed by atoms with van der Waals surface area (Å²) in [5.41, 5.74) is 2.70. The third-order valence-electron chi connectivity index (χ3n) is 6.43. The van der Waals surface area contributed by atoms with Crippen molar-refractivity contribution in [2.75, 3.05) is 18.4 Å². The molecule has 4 heterocycles. The number of benzene rings is 1. The topological polar surface area (TPSA) is 75.4 Å². The Bertz CT molecular complexity index is 1390. The molecule has 36 heavy (non-hydrogen) atoms. The lowest BCUT2D eigenvalue weighted by Gasteiger charge is -2.33. The van der Waals surface area contributed by atoms with Crippen molar-refractivity contribution in [1.29, 1.82) is 0 Å². The van der Waals surface area contributed by atoms with Gasteiger partial charge in [0.05, 0.1) is 11.3 Å². The molecule has 0 radical (unpaired) electrons. The third kappa shape index (κ3) is 4.91. The quantitative estimate of drug-likeness (QED) is 0.434. The number of hydrogen-bond donors (Lipinski definition) is 1. The average Bonchev–Trinajstić information content (AvgIpc) is 3.27. The number of nitrogens with one attached hydrogen (secondary N) is 1. The van der Waals surface area contributed by atoms with E-state index in [1.54, 1.807) is 28.0 Å². The molecule has 11 heteroatoms. The van der Waals surface area contributed by atoms with Gasteiger partial charge >= 0.3 is 6.18 Å². The summed E-state index contributed by atoms with van der Waals surface area (Å²) < 4.78 is 41.2. The van der Waals surface area contributed by atoms with Crippen LogP contribution in [0.3, 0.4) is 0 Å². The first-order valence-corrected chi connectivity index (χ1v) is 11.7. The SMILES string of the molecule is Bc1cnn2c(NCc3cccnc3)cc(C3CCCN(C(=O)c4cccc(C(F)(F)F)c4)C3)nc12. The molecule has 0 aliphatic carbocycles. The second kappa shape index (κ2) is 9.64. The fraction of sp³-hybridized carbons (Fsp3) is 0.280. The van der Waals surface area contributed by atoms with E-state index in [4.69, 9.17) is 4.98 Å². The van der Waals surface area contributed by atoms with E-state index < -0.39 is 17.6 Å². The van der Waals surface area contributed by atoms with Crippen molar-refractivity contribution in [3.05, 3.63) is 83.4 Å². The first-order valence-electron chi connectivity index (χ1n) is 11.7. The lowest BCUT2D eigenvalue weighted by atomic mass is 9.93. The molecule has 0 saturated carbocycles. The lowest BCUT2D eigenvalue weighted by molar-refractivity contribution is -0.137. The van der Waals surface area contributed by atoms with Crippen molar-refractivity contribution >= 4 is 30.7 Å². The number of aromatic nitrogens is 4. The van der Waals surface area contributed by atoms with E-state index in [1.807, 2.05) is 26.0 Å². The first-order chi connectivity index (χ1) is 17.3. The molecule has 5 rings (SSSR count). The number of carbonyl (C=O) groups excluding carboxylic acids is 1. The van der Waals surface area contributed by atoms with Crippen LogP contribution >= 0.6 is 0 Å². The molecule has 4 aromatic rings. The maximum atomic E-state index is 13.1. The molecule has 1 fully saturated rings. The van der Waals surface area contributed by atoms with E-state index >= 15 is 0 Å². The summed E-state index contributed by atoms with van der Waals surface area (Å²) in [6.45, 7) is 1.43. The second-order valence-corrected chi connectivity index (χ2v) is 9.01. The summed E-state index contributed by atoms with van der Waals surface area (Å²) >= 11 is 0. The van der Waals surface area contributed by atoms with E-state index in [0.717, 1.165) is 53.2 Å². The van der Waals surface area contributed by atoms with E-state index in [0.29, 0.717) is 19.6 Å². The van der Waals surface area contributed by atoms with Gasteiger partial charge in [0.15, 0.2) is 5.65 Å². The fourth-order valence-electron chi connectivity index (χ4n) is 4.54. The molecule has 184 valence electrons. The first kappa shape index (κ1) is 23.8. The minimum absolute atomic E-state index is 0.0411. The van der Waals surface area contributed by atoms with Gasteiger partial charge in [-0.25, -0.2) is 4.98 Å². The molecule has 1 aliphatic rings. The van der Waals surface area contributed by atoms with Gasteiger partial charge in [-0.3, -0.25) is 9.78 Å².